The van der Waals surface area contributed by atoms with Crippen LogP contribution in [-0.4, -0.2) is 33.2 Å². The lowest BCUT2D eigenvalue weighted by molar-refractivity contribution is 0.103. The molecule has 4 aromatic rings. The summed E-state index contributed by atoms with van der Waals surface area (Å²) in [5.74, 6) is -8.49. The number of aromatic amines is 4. The van der Waals surface area contributed by atoms with Crippen LogP contribution in [-0.2, 0) is 4.65 Å². The number of rotatable bonds is 7. The second kappa shape index (κ2) is 8.25. The van der Waals surface area contributed by atoms with Gasteiger partial charge in [0.25, 0.3) is 0 Å². The van der Waals surface area contributed by atoms with Crippen molar-refractivity contribution < 1.29 is 35.6 Å². The first-order chi connectivity index (χ1) is 15.3. The first kappa shape index (κ1) is 21.2. The van der Waals surface area contributed by atoms with Crippen LogP contribution < -0.4 is 0 Å². The molecule has 0 fully saturated rings. The average Bonchev–Trinajstić information content (AvgIpc) is 3.53. The molecule has 4 heterocycles. The molecule has 164 valence electrons. The van der Waals surface area contributed by atoms with Crippen molar-refractivity contribution in [2.45, 2.75) is 0 Å². The predicted molar refractivity (Wildman–Crippen MR) is 102 cm³/mol. The molecule has 0 bridgehead atoms. The van der Waals surface area contributed by atoms with Gasteiger partial charge in [0.05, 0.1) is 11.4 Å². The lowest BCUT2D eigenvalue weighted by Gasteiger charge is -2.06. The lowest BCUT2D eigenvalue weighted by atomic mass is 10.2. The summed E-state index contributed by atoms with van der Waals surface area (Å²) in [5.41, 5.74) is -2.47. The van der Waals surface area contributed by atoms with Crippen LogP contribution >= 0.6 is 0 Å². The van der Waals surface area contributed by atoms with Gasteiger partial charge in [-0.3, -0.25) is 4.79 Å². The topological polar surface area (TPSA) is 89.5 Å². The Balaban J connectivity index is 1.77. The van der Waals surface area contributed by atoms with Crippen LogP contribution in [0.2, 0.25) is 0 Å². The quantitative estimate of drug-likeness (QED) is 0.104. The van der Waals surface area contributed by atoms with E-state index in [0.29, 0.717) is 6.08 Å². The molecule has 4 rings (SSSR count). The number of aromatic nitrogens is 4. The third-order valence-corrected chi connectivity index (χ3v) is 4.47. The van der Waals surface area contributed by atoms with Crippen LogP contribution in [0.25, 0.3) is 28.5 Å². The van der Waals surface area contributed by atoms with Crippen molar-refractivity contribution in [2.75, 3.05) is 0 Å². The van der Waals surface area contributed by atoms with Crippen LogP contribution in [0.1, 0.15) is 16.2 Å². The van der Waals surface area contributed by atoms with E-state index in [4.69, 9.17) is 0 Å². The number of carbonyl (C=O) groups excluding carboxylic acids is 1. The van der Waals surface area contributed by atoms with E-state index in [1.807, 2.05) is 0 Å². The molecule has 0 unspecified atom stereocenters. The predicted octanol–water partition coefficient (Wildman–Crippen LogP) is 5.05. The van der Waals surface area contributed by atoms with E-state index < -0.39 is 65.1 Å². The molecule has 0 amide bonds. The summed E-state index contributed by atoms with van der Waals surface area (Å²) in [7, 11) is -3.53. The third kappa shape index (κ3) is 3.72. The molecule has 13 heteroatoms. The molecule has 4 aromatic heterocycles. The van der Waals surface area contributed by atoms with Crippen LogP contribution in [0.4, 0.5) is 26.2 Å². The molecule has 0 saturated carbocycles. The van der Waals surface area contributed by atoms with Gasteiger partial charge in [0.15, 0.2) is 23.3 Å². The zero-order valence-corrected chi connectivity index (χ0v) is 15.7. The molecule has 0 aromatic carbocycles. The average molecular weight is 452 g/mol. The van der Waals surface area contributed by atoms with E-state index in [2.05, 4.69) is 24.6 Å². The number of halogens is 6. The van der Waals surface area contributed by atoms with E-state index in [-0.39, 0.29) is 11.4 Å². The number of ketones is 1. The molecule has 0 atom stereocenters. The van der Waals surface area contributed by atoms with Crippen molar-refractivity contribution in [3.8, 4) is 22.8 Å². The fraction of sp³-hybridized carbons (Fsp3) is 0. The summed E-state index contributed by atoms with van der Waals surface area (Å²) in [6.07, 6.45) is 3.13. The number of nitrogens with one attached hydrogen (secondary N) is 4. The van der Waals surface area contributed by atoms with E-state index >= 15 is 0 Å². The Morgan fingerprint density at radius 1 is 0.812 bits per heavy atom. The Kier molecular flexibility index (Phi) is 5.47. The van der Waals surface area contributed by atoms with Crippen LogP contribution in [0.5, 0.6) is 0 Å². The monoisotopic (exact) mass is 452 g/mol. The van der Waals surface area contributed by atoms with E-state index in [1.165, 1.54) is 36.7 Å². The van der Waals surface area contributed by atoms with Crippen molar-refractivity contribution in [2.24, 2.45) is 0 Å². The molecule has 0 spiro atoms. The van der Waals surface area contributed by atoms with Gasteiger partial charge in [-0.2, -0.15) is 0 Å². The van der Waals surface area contributed by atoms with Gasteiger partial charge in [-0.25, -0.2) is 26.2 Å². The highest BCUT2D eigenvalue weighted by atomic mass is 19.2. The number of H-pyrrole nitrogens is 4. The van der Waals surface area contributed by atoms with Crippen molar-refractivity contribution >= 4 is 19.0 Å². The molecule has 0 radical (unpaired) electrons. The van der Waals surface area contributed by atoms with Gasteiger partial charge in [0, 0.05) is 18.5 Å². The summed E-state index contributed by atoms with van der Waals surface area (Å²) in [6.45, 7) is 0. The molecule has 4 N–H and O–H groups in total. The van der Waals surface area contributed by atoms with Gasteiger partial charge in [0.1, 0.15) is 28.5 Å². The summed E-state index contributed by atoms with van der Waals surface area (Å²) < 4.78 is 87.3. The smallest absolute Gasteiger partial charge is 0.503 e. The largest absolute Gasteiger partial charge is 0.796 e. The normalized spacial score (nSPS) is 11.8. The van der Waals surface area contributed by atoms with Gasteiger partial charge < -0.3 is 24.6 Å². The zero-order valence-electron chi connectivity index (χ0n) is 15.7. The van der Waals surface area contributed by atoms with Crippen molar-refractivity contribution in [3.05, 3.63) is 77.4 Å². The highest BCUT2D eigenvalue weighted by Gasteiger charge is 2.30. The molecular formula is C19H11BF6N4O2. The molecule has 32 heavy (non-hydrogen) atoms. The fourth-order valence-corrected chi connectivity index (χ4v) is 3.04. The second-order valence-corrected chi connectivity index (χ2v) is 6.42. The minimum atomic E-state index is -3.53. The van der Waals surface area contributed by atoms with E-state index in [9.17, 15) is 31.0 Å². The third-order valence-electron chi connectivity index (χ3n) is 4.47. The van der Waals surface area contributed by atoms with E-state index in [0.717, 1.165) is 0 Å². The van der Waals surface area contributed by atoms with E-state index in [1.54, 1.807) is 0 Å². The van der Waals surface area contributed by atoms with Crippen molar-refractivity contribution in [1.29, 1.82) is 0 Å². The van der Waals surface area contributed by atoms with Crippen LogP contribution in [0.3, 0.4) is 0 Å². The number of hydrogen-bond acceptors (Lipinski definition) is 2. The van der Waals surface area contributed by atoms with Gasteiger partial charge in [0.2, 0.25) is 5.78 Å². The molecular weight excluding hydrogens is 441 g/mol. The van der Waals surface area contributed by atoms with Gasteiger partial charge in [-0.15, -0.1) is 0 Å². The highest BCUT2D eigenvalue weighted by Crippen LogP contribution is 2.31. The number of carbonyl (C=O) groups is 1. The van der Waals surface area contributed by atoms with Crippen molar-refractivity contribution in [3.63, 3.8) is 0 Å². The van der Waals surface area contributed by atoms with Crippen LogP contribution in [0.15, 0.2) is 42.7 Å². The number of allylic oxidation sites excluding steroid dienone is 1. The number of hydrogen-bond donors (Lipinski definition) is 4. The summed E-state index contributed by atoms with van der Waals surface area (Å²) in [6, 6.07) is 5.74. The minimum Gasteiger partial charge on any atom is -0.503 e. The first-order valence-electron chi connectivity index (χ1n) is 8.90. The maximum absolute atomic E-state index is 14.5. The summed E-state index contributed by atoms with van der Waals surface area (Å²) in [4.78, 5) is 22.2. The van der Waals surface area contributed by atoms with Gasteiger partial charge >= 0.3 is 7.47 Å². The molecule has 0 aliphatic rings. The Labute approximate surface area is 175 Å². The fourth-order valence-electron chi connectivity index (χ4n) is 3.04. The lowest BCUT2D eigenvalue weighted by Crippen LogP contribution is -2.08. The Hall–Kier alpha value is -4.03. The molecule has 0 saturated heterocycles. The Bertz CT molecular complexity index is 1290. The Morgan fingerprint density at radius 3 is 1.78 bits per heavy atom. The van der Waals surface area contributed by atoms with Gasteiger partial charge in [-0.05, 0) is 24.3 Å². The molecule has 6 nitrogen and oxygen atoms in total. The second-order valence-electron chi connectivity index (χ2n) is 6.42. The summed E-state index contributed by atoms with van der Waals surface area (Å²) in [5, 5.41) is 0. The highest BCUT2D eigenvalue weighted by molar-refractivity contribution is 6.36. The molecule has 0 aliphatic carbocycles. The maximum Gasteiger partial charge on any atom is 0.796 e. The van der Waals surface area contributed by atoms with Crippen LogP contribution in [0, 0.1) is 23.3 Å². The summed E-state index contributed by atoms with van der Waals surface area (Å²) >= 11 is 0. The van der Waals surface area contributed by atoms with Gasteiger partial charge in [-0.1, -0.05) is 0 Å². The first-order valence-corrected chi connectivity index (χ1v) is 8.90. The standard InChI is InChI=1S/C19H11BF6N4O2/c21-12-14(23)18(29-16(12)8-3-1-5-27-8)10(31)7-11(32-20(25)26)19-15(24)13(22)17(30-19)9-4-2-6-28-9/h1-7,27-30H/b11-7+. The zero-order chi connectivity index (χ0) is 23.0. The SMILES string of the molecule is O=C(/C=C(/OB(F)F)c1[nH]c(-c2ccc[nH]2)c(F)c1F)c1[nH]c(-c2ccc[nH]2)c(F)c1F. The molecule has 0 aliphatic heterocycles. The Morgan fingerprint density at radius 2 is 1.31 bits per heavy atom. The maximum atomic E-state index is 14.5. The van der Waals surface area contributed by atoms with Crippen molar-refractivity contribution in [1.82, 2.24) is 19.9 Å². The minimum absolute atomic E-state index is 0.0865.